The average molecular weight is 193 g/mol. The van der Waals surface area contributed by atoms with Gasteiger partial charge < -0.3 is 10.2 Å². The molecule has 0 aliphatic heterocycles. The molecule has 2 unspecified atom stereocenters. The van der Waals surface area contributed by atoms with Crippen LogP contribution in [-0.2, 0) is 0 Å². The Labute approximate surface area is 79.8 Å². The van der Waals surface area contributed by atoms with Crippen LogP contribution >= 0.6 is 12.6 Å². The van der Waals surface area contributed by atoms with Crippen molar-refractivity contribution in [2.75, 3.05) is 25.4 Å². The monoisotopic (exact) mass is 193 g/mol. The Morgan fingerprint density at radius 2 is 1.58 bits per heavy atom. The van der Waals surface area contributed by atoms with Crippen molar-refractivity contribution in [2.24, 2.45) is 0 Å². The maximum Gasteiger partial charge on any atom is 0.0639 e. The molecule has 74 valence electrons. The van der Waals surface area contributed by atoms with Crippen LogP contribution in [0, 0.1) is 0 Å². The fourth-order valence-electron chi connectivity index (χ4n) is 1.15. The molecule has 0 aliphatic rings. The summed E-state index contributed by atoms with van der Waals surface area (Å²) in [6.45, 7) is 5.50. The Hall–Kier alpha value is 0.230. The molecular formula is C8H19NO2S. The van der Waals surface area contributed by atoms with E-state index in [-0.39, 0.29) is 12.2 Å². The van der Waals surface area contributed by atoms with Crippen LogP contribution in [0.2, 0.25) is 0 Å². The minimum atomic E-state index is -0.344. The smallest absolute Gasteiger partial charge is 0.0639 e. The number of rotatable bonds is 6. The summed E-state index contributed by atoms with van der Waals surface area (Å²) in [5.41, 5.74) is 0. The maximum atomic E-state index is 9.11. The summed E-state index contributed by atoms with van der Waals surface area (Å²) in [6, 6.07) is 0. The molecule has 12 heavy (non-hydrogen) atoms. The van der Waals surface area contributed by atoms with Gasteiger partial charge >= 0.3 is 0 Å². The molecule has 0 rings (SSSR count). The highest BCUT2D eigenvalue weighted by Gasteiger charge is 2.09. The van der Waals surface area contributed by atoms with E-state index in [4.69, 9.17) is 10.2 Å². The van der Waals surface area contributed by atoms with Crippen molar-refractivity contribution in [2.45, 2.75) is 26.1 Å². The third-order valence-corrected chi connectivity index (χ3v) is 1.66. The van der Waals surface area contributed by atoms with E-state index in [1.54, 1.807) is 13.8 Å². The molecule has 0 spiro atoms. The lowest BCUT2D eigenvalue weighted by atomic mass is 10.3. The third kappa shape index (κ3) is 6.91. The largest absolute Gasteiger partial charge is 0.392 e. The van der Waals surface area contributed by atoms with E-state index in [1.165, 1.54) is 0 Å². The van der Waals surface area contributed by atoms with Gasteiger partial charge in [-0.3, -0.25) is 4.90 Å². The zero-order valence-electron chi connectivity index (χ0n) is 7.77. The summed E-state index contributed by atoms with van der Waals surface area (Å²) in [4.78, 5) is 2.00. The molecular weight excluding hydrogens is 174 g/mol. The highest BCUT2D eigenvalue weighted by molar-refractivity contribution is 7.80. The summed E-state index contributed by atoms with van der Waals surface area (Å²) >= 11 is 4.10. The number of thiol groups is 1. The van der Waals surface area contributed by atoms with Gasteiger partial charge in [0.25, 0.3) is 0 Å². The Morgan fingerprint density at radius 1 is 1.17 bits per heavy atom. The summed E-state index contributed by atoms with van der Waals surface area (Å²) in [7, 11) is 0. The van der Waals surface area contributed by atoms with Crippen molar-refractivity contribution < 1.29 is 10.2 Å². The first kappa shape index (κ1) is 12.2. The van der Waals surface area contributed by atoms with E-state index in [2.05, 4.69) is 12.6 Å². The van der Waals surface area contributed by atoms with Gasteiger partial charge in [-0.1, -0.05) is 0 Å². The number of aliphatic hydroxyl groups is 2. The van der Waals surface area contributed by atoms with Gasteiger partial charge in [0.05, 0.1) is 12.2 Å². The summed E-state index contributed by atoms with van der Waals surface area (Å²) < 4.78 is 0. The van der Waals surface area contributed by atoms with Gasteiger partial charge in [0.1, 0.15) is 0 Å². The highest BCUT2D eigenvalue weighted by atomic mass is 32.1. The first-order valence-electron chi connectivity index (χ1n) is 4.25. The maximum absolute atomic E-state index is 9.11. The molecule has 0 heterocycles. The molecule has 0 aromatic rings. The molecule has 4 heteroatoms. The summed E-state index contributed by atoms with van der Waals surface area (Å²) in [5, 5.41) is 18.2. The van der Waals surface area contributed by atoms with Crippen LogP contribution in [-0.4, -0.2) is 52.7 Å². The molecule has 0 radical (unpaired) electrons. The molecule has 3 nitrogen and oxygen atoms in total. The molecule has 0 saturated carbocycles. The van der Waals surface area contributed by atoms with Gasteiger partial charge in [-0.2, -0.15) is 12.6 Å². The molecule has 2 N–H and O–H groups in total. The number of hydrogen-bond acceptors (Lipinski definition) is 4. The van der Waals surface area contributed by atoms with Gasteiger partial charge in [-0.05, 0) is 13.8 Å². The lowest BCUT2D eigenvalue weighted by Crippen LogP contribution is -2.37. The van der Waals surface area contributed by atoms with Gasteiger partial charge in [0.15, 0.2) is 0 Å². The van der Waals surface area contributed by atoms with Crippen LogP contribution in [0.5, 0.6) is 0 Å². The Balaban J connectivity index is 3.69. The third-order valence-electron chi connectivity index (χ3n) is 1.46. The standard InChI is InChI=1S/C8H19NO2S/c1-7(10)5-9(3-4-12)6-8(2)11/h7-8,10-12H,3-6H2,1-2H3. The zero-order valence-corrected chi connectivity index (χ0v) is 8.67. The van der Waals surface area contributed by atoms with E-state index in [1.807, 2.05) is 4.90 Å². The summed E-state index contributed by atoms with van der Waals surface area (Å²) in [6.07, 6.45) is -0.688. The first-order chi connectivity index (χ1) is 5.56. The van der Waals surface area contributed by atoms with E-state index in [9.17, 15) is 0 Å². The molecule has 0 saturated heterocycles. The fraction of sp³-hybridized carbons (Fsp3) is 1.00. The van der Waals surface area contributed by atoms with Crippen molar-refractivity contribution in [3.8, 4) is 0 Å². The lowest BCUT2D eigenvalue weighted by molar-refractivity contribution is 0.0876. The van der Waals surface area contributed by atoms with E-state index >= 15 is 0 Å². The van der Waals surface area contributed by atoms with Crippen molar-refractivity contribution in [1.82, 2.24) is 4.90 Å². The van der Waals surface area contributed by atoms with Gasteiger partial charge in [-0.15, -0.1) is 0 Å². The lowest BCUT2D eigenvalue weighted by Gasteiger charge is -2.23. The number of aliphatic hydroxyl groups excluding tert-OH is 2. The van der Waals surface area contributed by atoms with E-state index in [0.29, 0.717) is 13.1 Å². The zero-order chi connectivity index (χ0) is 9.56. The average Bonchev–Trinajstić information content (AvgIpc) is 1.84. The van der Waals surface area contributed by atoms with Crippen molar-refractivity contribution in [3.05, 3.63) is 0 Å². The number of hydrogen-bond donors (Lipinski definition) is 3. The van der Waals surface area contributed by atoms with Crippen LogP contribution in [0.15, 0.2) is 0 Å². The summed E-state index contributed by atoms with van der Waals surface area (Å²) in [5.74, 6) is 0.749. The predicted molar refractivity (Wildman–Crippen MR) is 53.7 cm³/mol. The van der Waals surface area contributed by atoms with Crippen LogP contribution in [0.3, 0.4) is 0 Å². The molecule has 0 bridgehead atoms. The van der Waals surface area contributed by atoms with Crippen LogP contribution in [0.1, 0.15) is 13.8 Å². The predicted octanol–water partition coefficient (Wildman–Crippen LogP) is -0.0202. The van der Waals surface area contributed by atoms with Gasteiger partial charge in [0.2, 0.25) is 0 Å². The molecule has 0 fully saturated rings. The Kier molecular flexibility index (Phi) is 6.84. The molecule has 0 aromatic heterocycles. The Bertz CT molecular complexity index is 99.2. The molecule has 0 amide bonds. The van der Waals surface area contributed by atoms with Gasteiger partial charge in [-0.25, -0.2) is 0 Å². The quantitative estimate of drug-likeness (QED) is 0.519. The highest BCUT2D eigenvalue weighted by Crippen LogP contribution is 1.95. The molecule has 0 aliphatic carbocycles. The van der Waals surface area contributed by atoms with Crippen LogP contribution < -0.4 is 0 Å². The topological polar surface area (TPSA) is 43.7 Å². The second-order valence-electron chi connectivity index (χ2n) is 3.18. The number of nitrogens with zero attached hydrogens (tertiary/aromatic N) is 1. The minimum Gasteiger partial charge on any atom is -0.392 e. The minimum absolute atomic E-state index is 0.344. The first-order valence-corrected chi connectivity index (χ1v) is 4.88. The second kappa shape index (κ2) is 6.71. The van der Waals surface area contributed by atoms with Crippen LogP contribution in [0.25, 0.3) is 0 Å². The van der Waals surface area contributed by atoms with Gasteiger partial charge in [0, 0.05) is 25.4 Å². The Morgan fingerprint density at radius 3 is 1.83 bits per heavy atom. The normalized spacial score (nSPS) is 16.5. The van der Waals surface area contributed by atoms with E-state index < -0.39 is 0 Å². The second-order valence-corrected chi connectivity index (χ2v) is 3.63. The SMILES string of the molecule is CC(O)CN(CCS)CC(C)O. The van der Waals surface area contributed by atoms with Crippen molar-refractivity contribution in [3.63, 3.8) is 0 Å². The fourth-order valence-corrected chi connectivity index (χ4v) is 1.43. The molecule has 0 aromatic carbocycles. The van der Waals surface area contributed by atoms with Crippen LogP contribution in [0.4, 0.5) is 0 Å². The van der Waals surface area contributed by atoms with E-state index in [0.717, 1.165) is 12.3 Å². The van der Waals surface area contributed by atoms with Crippen molar-refractivity contribution >= 4 is 12.6 Å². The molecule has 2 atom stereocenters. The van der Waals surface area contributed by atoms with Crippen molar-refractivity contribution in [1.29, 1.82) is 0 Å².